The summed E-state index contributed by atoms with van der Waals surface area (Å²) >= 11 is 0. The molecular formula is C47H58. The second-order valence-electron chi connectivity index (χ2n) is 16.7. The molecule has 0 atom stereocenters. The van der Waals surface area contributed by atoms with Crippen LogP contribution in [0.2, 0.25) is 0 Å². The number of fused-ring (bicyclic) bond motifs is 4. The van der Waals surface area contributed by atoms with Crippen LogP contribution in [0.5, 0.6) is 0 Å². The Labute approximate surface area is 287 Å². The molecule has 6 rings (SSSR count). The van der Waals surface area contributed by atoms with Gasteiger partial charge < -0.3 is 0 Å². The Balaban J connectivity index is 1.54. The second kappa shape index (κ2) is 12.7. The molecule has 1 spiro atoms. The van der Waals surface area contributed by atoms with Crippen molar-refractivity contribution in [1.29, 1.82) is 0 Å². The van der Waals surface area contributed by atoms with E-state index in [-0.39, 0.29) is 5.41 Å². The van der Waals surface area contributed by atoms with Crippen LogP contribution in [0.1, 0.15) is 187 Å². The standard InChI is InChI=1S/C47H58/c1-27(2)37-21-39(29(5)6)45(40(22-37)30(7)8)35-15-13-33-17-19-47(43(33)25-35)20-18-34-14-16-36(26-44(34)47)46-41(31(9)10)23-38(28(3)4)24-42(46)32(11)12/h13-16,21-24,27-32H,17-20H2,1-12H3. The van der Waals surface area contributed by atoms with Gasteiger partial charge in [0, 0.05) is 5.41 Å². The first-order valence-electron chi connectivity index (χ1n) is 18.7. The zero-order valence-electron chi connectivity index (χ0n) is 31.4. The Morgan fingerprint density at radius 2 is 0.766 bits per heavy atom. The highest BCUT2D eigenvalue weighted by Crippen LogP contribution is 2.54. The molecule has 4 aromatic carbocycles. The lowest BCUT2D eigenvalue weighted by atomic mass is 9.74. The van der Waals surface area contributed by atoms with E-state index in [0.717, 1.165) is 25.7 Å². The van der Waals surface area contributed by atoms with E-state index in [0.29, 0.717) is 35.5 Å². The van der Waals surface area contributed by atoms with Crippen LogP contribution in [-0.2, 0) is 18.3 Å². The topological polar surface area (TPSA) is 0 Å². The summed E-state index contributed by atoms with van der Waals surface area (Å²) in [7, 11) is 0. The quantitative estimate of drug-likeness (QED) is 0.183. The molecule has 0 heteroatoms. The predicted molar refractivity (Wildman–Crippen MR) is 203 cm³/mol. The lowest BCUT2D eigenvalue weighted by Gasteiger charge is -2.29. The molecule has 2 radical (unpaired) electrons. The van der Waals surface area contributed by atoms with Crippen LogP contribution in [0.15, 0.2) is 48.5 Å². The van der Waals surface area contributed by atoms with Crippen LogP contribution in [0, 0.1) is 12.1 Å². The molecule has 0 saturated heterocycles. The van der Waals surface area contributed by atoms with Gasteiger partial charge in [-0.1, -0.05) is 132 Å². The second-order valence-corrected chi connectivity index (χ2v) is 16.7. The summed E-state index contributed by atoms with van der Waals surface area (Å²) in [6.45, 7) is 28.2. The molecule has 4 aromatic rings. The molecular weight excluding hydrogens is 565 g/mol. The minimum atomic E-state index is -0.00158. The SMILES string of the molecule is CC(C)c1cc(C(C)C)c(-c2[c]c3c(cc2)CCC32CCc3ccc(-c4c(C(C)C)cc(C(C)C)cc4C(C)C)[c]c32)c(C(C)C)c1. The maximum Gasteiger partial charge on any atom is 0.0227 e. The monoisotopic (exact) mass is 622 g/mol. The van der Waals surface area contributed by atoms with Crippen LogP contribution >= 0.6 is 0 Å². The van der Waals surface area contributed by atoms with E-state index in [2.05, 4.69) is 144 Å². The van der Waals surface area contributed by atoms with Crippen LogP contribution in [0.25, 0.3) is 22.3 Å². The normalized spacial score (nSPS) is 15.4. The van der Waals surface area contributed by atoms with E-state index in [1.165, 1.54) is 77.9 Å². The molecule has 0 nitrogen and oxygen atoms in total. The molecule has 0 fully saturated rings. The molecule has 0 N–H and O–H groups in total. The van der Waals surface area contributed by atoms with Crippen LogP contribution in [-0.4, -0.2) is 0 Å². The maximum atomic E-state index is 4.17. The third-order valence-corrected chi connectivity index (χ3v) is 11.5. The van der Waals surface area contributed by atoms with Gasteiger partial charge in [0.15, 0.2) is 0 Å². The van der Waals surface area contributed by atoms with E-state index in [1.807, 2.05) is 0 Å². The van der Waals surface area contributed by atoms with Crippen molar-refractivity contribution in [1.82, 2.24) is 0 Å². The Bertz CT molecular complexity index is 1600. The van der Waals surface area contributed by atoms with Crippen molar-refractivity contribution in [2.45, 2.75) is 150 Å². The number of rotatable bonds is 8. The Morgan fingerprint density at radius 1 is 0.447 bits per heavy atom. The van der Waals surface area contributed by atoms with Gasteiger partial charge in [0.25, 0.3) is 0 Å². The number of benzene rings is 4. The van der Waals surface area contributed by atoms with Gasteiger partial charge in [-0.2, -0.15) is 0 Å². The number of hydrogen-bond donors (Lipinski definition) is 0. The summed E-state index contributed by atoms with van der Waals surface area (Å²) in [5, 5.41) is 0. The molecule has 47 heavy (non-hydrogen) atoms. The minimum Gasteiger partial charge on any atom is -0.0587 e. The first-order valence-corrected chi connectivity index (χ1v) is 18.7. The van der Waals surface area contributed by atoms with Gasteiger partial charge in [-0.15, -0.1) is 0 Å². The van der Waals surface area contributed by atoms with Crippen molar-refractivity contribution in [3.8, 4) is 22.3 Å². The molecule has 2 aliphatic rings. The zero-order valence-corrected chi connectivity index (χ0v) is 31.4. The molecule has 246 valence electrons. The average molecular weight is 623 g/mol. The molecule has 0 amide bonds. The Hall–Kier alpha value is -3.12. The van der Waals surface area contributed by atoms with Gasteiger partial charge in [0.05, 0.1) is 0 Å². The lowest BCUT2D eigenvalue weighted by Crippen LogP contribution is -2.21. The molecule has 0 heterocycles. The van der Waals surface area contributed by atoms with Gasteiger partial charge in [-0.25, -0.2) is 0 Å². The van der Waals surface area contributed by atoms with E-state index >= 15 is 0 Å². The minimum absolute atomic E-state index is 0.00158. The largest absolute Gasteiger partial charge is 0.0587 e. The highest BCUT2D eigenvalue weighted by atomic mass is 14.5. The Kier molecular flexibility index (Phi) is 9.14. The number of hydrogen-bond acceptors (Lipinski definition) is 0. The van der Waals surface area contributed by atoms with Gasteiger partial charge in [0.2, 0.25) is 0 Å². The van der Waals surface area contributed by atoms with Crippen molar-refractivity contribution in [2.75, 3.05) is 0 Å². The van der Waals surface area contributed by atoms with Crippen molar-refractivity contribution < 1.29 is 0 Å². The fourth-order valence-electron chi connectivity index (χ4n) is 8.59. The first-order chi connectivity index (χ1) is 22.2. The first kappa shape index (κ1) is 33.8. The summed E-state index contributed by atoms with van der Waals surface area (Å²) in [6.07, 6.45) is 4.58. The number of aryl methyl sites for hydroxylation is 2. The van der Waals surface area contributed by atoms with Crippen LogP contribution < -0.4 is 0 Å². The third-order valence-electron chi connectivity index (χ3n) is 11.5. The summed E-state index contributed by atoms with van der Waals surface area (Å²) in [6, 6.07) is 28.0. The summed E-state index contributed by atoms with van der Waals surface area (Å²) in [5.41, 5.74) is 20.1. The van der Waals surface area contributed by atoms with Gasteiger partial charge in [-0.3, -0.25) is 0 Å². The zero-order chi connectivity index (χ0) is 33.9. The Morgan fingerprint density at radius 3 is 1.04 bits per heavy atom. The fraction of sp³-hybridized carbons (Fsp3) is 0.489. The van der Waals surface area contributed by atoms with E-state index in [9.17, 15) is 0 Å². The highest BCUT2D eigenvalue weighted by Gasteiger charge is 2.45. The van der Waals surface area contributed by atoms with Gasteiger partial charge in [0.1, 0.15) is 0 Å². The molecule has 0 aromatic heterocycles. The van der Waals surface area contributed by atoms with Crippen molar-refractivity contribution in [3.63, 3.8) is 0 Å². The van der Waals surface area contributed by atoms with Crippen molar-refractivity contribution >= 4 is 0 Å². The van der Waals surface area contributed by atoms with Crippen molar-refractivity contribution in [2.24, 2.45) is 0 Å². The summed E-state index contributed by atoms with van der Waals surface area (Å²) in [4.78, 5) is 0. The molecule has 0 unspecified atom stereocenters. The lowest BCUT2D eigenvalue weighted by molar-refractivity contribution is 0.506. The van der Waals surface area contributed by atoms with Gasteiger partial charge >= 0.3 is 0 Å². The molecule has 0 aliphatic heterocycles. The average Bonchev–Trinajstić information content (AvgIpc) is 3.59. The van der Waals surface area contributed by atoms with E-state index < -0.39 is 0 Å². The molecule has 0 bridgehead atoms. The summed E-state index contributed by atoms with van der Waals surface area (Å²) < 4.78 is 0. The highest BCUT2D eigenvalue weighted by molar-refractivity contribution is 5.77. The summed E-state index contributed by atoms with van der Waals surface area (Å²) in [5.74, 6) is 2.83. The van der Waals surface area contributed by atoms with Crippen LogP contribution in [0.3, 0.4) is 0 Å². The molecule has 0 saturated carbocycles. The third kappa shape index (κ3) is 5.83. The van der Waals surface area contributed by atoms with Crippen molar-refractivity contribution in [3.05, 3.63) is 116 Å². The smallest absolute Gasteiger partial charge is 0.0227 e. The molecule has 2 aliphatic carbocycles. The van der Waals surface area contributed by atoms with Gasteiger partial charge in [-0.05, 0) is 151 Å². The van der Waals surface area contributed by atoms with E-state index in [1.54, 1.807) is 0 Å². The fourth-order valence-corrected chi connectivity index (χ4v) is 8.59. The maximum absolute atomic E-state index is 4.17. The van der Waals surface area contributed by atoms with Crippen LogP contribution in [0.4, 0.5) is 0 Å². The predicted octanol–water partition coefficient (Wildman–Crippen LogP) is 13.5. The van der Waals surface area contributed by atoms with E-state index in [4.69, 9.17) is 0 Å².